The van der Waals surface area contributed by atoms with Crippen molar-refractivity contribution in [2.75, 3.05) is 23.7 Å². The molecule has 0 aliphatic rings. The van der Waals surface area contributed by atoms with Crippen LogP contribution in [0.5, 0.6) is 0 Å². The number of nitrogens with one attached hydrogen (secondary N) is 1. The van der Waals surface area contributed by atoms with Crippen LogP contribution < -0.4 is 9.62 Å². The number of benzene rings is 2. The molecule has 0 spiro atoms. The van der Waals surface area contributed by atoms with Gasteiger partial charge in [0, 0.05) is 18.1 Å². The average molecular weight is 549 g/mol. The minimum atomic E-state index is -3.91. The van der Waals surface area contributed by atoms with Crippen molar-refractivity contribution in [1.82, 2.24) is 10.2 Å². The second kappa shape index (κ2) is 12.6. The zero-order valence-electron chi connectivity index (χ0n) is 19.2. The Morgan fingerprint density at radius 2 is 1.76 bits per heavy atom. The second-order valence-corrected chi connectivity index (χ2v) is 10.9. The summed E-state index contributed by atoms with van der Waals surface area (Å²) in [6, 6.07) is 10.6. The van der Waals surface area contributed by atoms with Crippen LogP contribution in [-0.4, -0.2) is 50.5 Å². The van der Waals surface area contributed by atoms with E-state index in [1.807, 2.05) is 6.92 Å². The minimum absolute atomic E-state index is 0.00846. The maximum Gasteiger partial charge on any atom is 0.244 e. The lowest BCUT2D eigenvalue weighted by Crippen LogP contribution is -2.51. The largest absolute Gasteiger partial charge is 0.354 e. The summed E-state index contributed by atoms with van der Waals surface area (Å²) in [6.45, 7) is 3.58. The molecule has 2 aromatic rings. The molecule has 0 radical (unpaired) electrons. The van der Waals surface area contributed by atoms with Crippen molar-refractivity contribution in [2.24, 2.45) is 0 Å². The van der Waals surface area contributed by atoms with Gasteiger partial charge >= 0.3 is 0 Å². The molecule has 0 aliphatic heterocycles. The van der Waals surface area contributed by atoms with E-state index in [4.69, 9.17) is 34.8 Å². The molecule has 2 amide bonds. The predicted molar refractivity (Wildman–Crippen MR) is 138 cm³/mol. The van der Waals surface area contributed by atoms with Gasteiger partial charge in [-0.3, -0.25) is 13.9 Å². The van der Waals surface area contributed by atoms with Gasteiger partial charge in [0.1, 0.15) is 12.6 Å². The second-order valence-electron chi connectivity index (χ2n) is 7.81. The fourth-order valence-electron chi connectivity index (χ4n) is 3.23. The SMILES string of the molecule is CCCCNC(=O)[C@@H](C)N(Cc1cccc(Cl)c1)C(=O)CN(c1cccc(Cl)c1Cl)S(C)(=O)=O. The van der Waals surface area contributed by atoms with E-state index < -0.39 is 28.5 Å². The van der Waals surface area contributed by atoms with Gasteiger partial charge in [-0.15, -0.1) is 0 Å². The van der Waals surface area contributed by atoms with Crippen LogP contribution in [0.15, 0.2) is 42.5 Å². The van der Waals surface area contributed by atoms with Crippen LogP contribution >= 0.6 is 34.8 Å². The fraction of sp³-hybridized carbons (Fsp3) is 0.391. The highest BCUT2D eigenvalue weighted by atomic mass is 35.5. The minimum Gasteiger partial charge on any atom is -0.354 e. The molecule has 11 heteroatoms. The highest BCUT2D eigenvalue weighted by molar-refractivity contribution is 7.92. The van der Waals surface area contributed by atoms with Crippen LogP contribution in [-0.2, 0) is 26.2 Å². The van der Waals surface area contributed by atoms with Crippen LogP contribution in [0.1, 0.15) is 32.3 Å². The van der Waals surface area contributed by atoms with E-state index in [0.717, 1.165) is 23.4 Å². The molecule has 7 nitrogen and oxygen atoms in total. The summed E-state index contributed by atoms with van der Waals surface area (Å²) >= 11 is 18.4. The molecule has 0 saturated carbocycles. The van der Waals surface area contributed by atoms with Crippen molar-refractivity contribution in [3.63, 3.8) is 0 Å². The molecular weight excluding hydrogens is 521 g/mol. The Bertz CT molecular complexity index is 1130. The van der Waals surface area contributed by atoms with Crippen molar-refractivity contribution < 1.29 is 18.0 Å². The first-order chi connectivity index (χ1) is 16.0. The Morgan fingerprint density at radius 1 is 1.09 bits per heavy atom. The van der Waals surface area contributed by atoms with Gasteiger partial charge in [0.05, 0.1) is 22.0 Å². The molecule has 1 N–H and O–H groups in total. The van der Waals surface area contributed by atoms with E-state index in [0.29, 0.717) is 17.1 Å². The first kappa shape index (κ1) is 28.2. The summed E-state index contributed by atoms with van der Waals surface area (Å²) in [5.74, 6) is -0.921. The lowest BCUT2D eigenvalue weighted by molar-refractivity contribution is -0.139. The maximum absolute atomic E-state index is 13.5. The van der Waals surface area contributed by atoms with Crippen LogP contribution in [0.3, 0.4) is 0 Å². The summed E-state index contributed by atoms with van der Waals surface area (Å²) in [4.78, 5) is 27.6. The van der Waals surface area contributed by atoms with E-state index in [1.165, 1.54) is 17.0 Å². The zero-order valence-corrected chi connectivity index (χ0v) is 22.3. The van der Waals surface area contributed by atoms with E-state index in [1.54, 1.807) is 37.3 Å². The Morgan fingerprint density at radius 3 is 2.38 bits per heavy atom. The van der Waals surface area contributed by atoms with Gasteiger partial charge in [0.2, 0.25) is 21.8 Å². The molecule has 0 aromatic heterocycles. The predicted octanol–water partition coefficient (Wildman–Crippen LogP) is 4.75. The van der Waals surface area contributed by atoms with E-state index >= 15 is 0 Å². The molecule has 2 rings (SSSR count). The number of amides is 2. The standard InChI is InChI=1S/C23H28Cl3N3O4S/c1-4-5-12-27-23(31)16(2)28(14-17-8-6-9-18(24)13-17)21(30)15-29(34(3,32)33)20-11-7-10-19(25)22(20)26/h6-11,13,16H,4-5,12,14-15H2,1-3H3,(H,27,31)/t16-/m1/s1. The molecule has 2 aromatic carbocycles. The van der Waals surface area contributed by atoms with Crippen LogP contribution in [0.25, 0.3) is 0 Å². The molecule has 186 valence electrons. The molecule has 0 bridgehead atoms. The number of sulfonamides is 1. The molecule has 0 fully saturated rings. The summed E-state index contributed by atoms with van der Waals surface area (Å²) in [5.41, 5.74) is 0.772. The van der Waals surface area contributed by atoms with Crippen LogP contribution in [0, 0.1) is 0 Å². The van der Waals surface area contributed by atoms with Crippen molar-refractivity contribution in [1.29, 1.82) is 0 Å². The Balaban J connectivity index is 2.39. The highest BCUT2D eigenvalue weighted by Gasteiger charge is 2.31. The fourth-order valence-corrected chi connectivity index (χ4v) is 4.75. The van der Waals surface area contributed by atoms with Gasteiger partial charge in [-0.05, 0) is 43.2 Å². The van der Waals surface area contributed by atoms with Crippen molar-refractivity contribution >= 4 is 62.3 Å². The quantitative estimate of drug-likeness (QED) is 0.411. The third-order valence-electron chi connectivity index (χ3n) is 5.12. The van der Waals surface area contributed by atoms with Crippen molar-refractivity contribution in [3.05, 3.63) is 63.1 Å². The van der Waals surface area contributed by atoms with Gasteiger partial charge in [-0.25, -0.2) is 8.42 Å². The normalized spacial score (nSPS) is 12.2. The van der Waals surface area contributed by atoms with Gasteiger partial charge in [0.15, 0.2) is 0 Å². The van der Waals surface area contributed by atoms with Crippen LogP contribution in [0.4, 0.5) is 5.69 Å². The van der Waals surface area contributed by atoms with Gasteiger partial charge < -0.3 is 10.2 Å². The highest BCUT2D eigenvalue weighted by Crippen LogP contribution is 2.33. The van der Waals surface area contributed by atoms with Crippen LogP contribution in [0.2, 0.25) is 15.1 Å². The van der Waals surface area contributed by atoms with E-state index in [-0.39, 0.29) is 28.2 Å². The number of carbonyl (C=O) groups excluding carboxylic acids is 2. The third kappa shape index (κ3) is 7.77. The van der Waals surface area contributed by atoms with Crippen molar-refractivity contribution in [3.8, 4) is 0 Å². The molecule has 0 aliphatic carbocycles. The third-order valence-corrected chi connectivity index (χ3v) is 7.29. The smallest absolute Gasteiger partial charge is 0.244 e. The van der Waals surface area contributed by atoms with Gasteiger partial charge in [0.25, 0.3) is 0 Å². The number of unbranched alkanes of at least 4 members (excludes halogenated alkanes) is 1. The number of halogens is 3. The monoisotopic (exact) mass is 547 g/mol. The molecule has 0 unspecified atom stereocenters. The topological polar surface area (TPSA) is 86.8 Å². The summed E-state index contributed by atoms with van der Waals surface area (Å²) in [6.07, 6.45) is 2.68. The molecule has 34 heavy (non-hydrogen) atoms. The Hall–Kier alpha value is -2.00. The van der Waals surface area contributed by atoms with Crippen molar-refractivity contribution in [2.45, 2.75) is 39.3 Å². The van der Waals surface area contributed by atoms with Gasteiger partial charge in [-0.2, -0.15) is 0 Å². The molecular formula is C23H28Cl3N3O4S. The average Bonchev–Trinajstić information content (AvgIpc) is 2.76. The van der Waals surface area contributed by atoms with E-state index in [9.17, 15) is 18.0 Å². The summed E-state index contributed by atoms with van der Waals surface area (Å²) in [5, 5.41) is 3.46. The Kier molecular flexibility index (Phi) is 10.5. The lowest BCUT2D eigenvalue weighted by atomic mass is 10.1. The molecule has 0 heterocycles. The molecule has 1 atom stereocenters. The van der Waals surface area contributed by atoms with E-state index in [2.05, 4.69) is 5.32 Å². The summed E-state index contributed by atoms with van der Waals surface area (Å²) in [7, 11) is -3.91. The number of rotatable bonds is 11. The first-order valence-electron chi connectivity index (χ1n) is 10.7. The first-order valence-corrected chi connectivity index (χ1v) is 13.7. The Labute approximate surface area is 216 Å². The molecule has 0 saturated heterocycles. The maximum atomic E-state index is 13.5. The summed E-state index contributed by atoms with van der Waals surface area (Å²) < 4.78 is 26.1. The number of hydrogen-bond donors (Lipinski definition) is 1. The number of hydrogen-bond acceptors (Lipinski definition) is 4. The lowest BCUT2D eigenvalue weighted by Gasteiger charge is -2.31. The van der Waals surface area contributed by atoms with Gasteiger partial charge in [-0.1, -0.05) is 66.3 Å². The number of nitrogens with zero attached hydrogens (tertiary/aromatic N) is 2. The number of anilines is 1. The number of carbonyl (C=O) groups is 2. The zero-order chi connectivity index (χ0) is 25.5.